The lowest BCUT2D eigenvalue weighted by atomic mass is 10.0. The maximum Gasteiger partial charge on any atom is 0.251 e. The standard InChI is InChI=1S/C19H20ClNO2/c1-13-11-19(23)21(17-6-4-2-3-5-16(13)17)12-18(22)14-7-9-15(20)10-8-14/h7-11H,2-6,12H2,1H3. The van der Waals surface area contributed by atoms with E-state index in [1.54, 1.807) is 34.9 Å². The molecule has 3 nitrogen and oxygen atoms in total. The summed E-state index contributed by atoms with van der Waals surface area (Å²) in [5.74, 6) is -0.0564. The van der Waals surface area contributed by atoms with Crippen LogP contribution >= 0.6 is 11.6 Å². The molecule has 2 aromatic rings. The molecule has 3 rings (SSSR count). The SMILES string of the molecule is Cc1cc(=O)n(CC(=O)c2ccc(Cl)cc2)c2c1CCCCC2. The minimum absolute atomic E-state index is 0.0564. The molecule has 0 saturated heterocycles. The lowest BCUT2D eigenvalue weighted by molar-refractivity contribution is 0.0969. The number of aryl methyl sites for hydroxylation is 1. The summed E-state index contributed by atoms with van der Waals surface area (Å²) in [6, 6.07) is 8.49. The van der Waals surface area contributed by atoms with E-state index in [1.807, 2.05) is 6.92 Å². The van der Waals surface area contributed by atoms with Crippen LogP contribution in [-0.4, -0.2) is 10.4 Å². The first kappa shape index (κ1) is 16.0. The van der Waals surface area contributed by atoms with Crippen LogP contribution < -0.4 is 5.56 Å². The van der Waals surface area contributed by atoms with Gasteiger partial charge in [-0.2, -0.15) is 0 Å². The van der Waals surface area contributed by atoms with E-state index < -0.39 is 0 Å². The van der Waals surface area contributed by atoms with Crippen LogP contribution in [0.5, 0.6) is 0 Å². The number of pyridine rings is 1. The maximum absolute atomic E-state index is 12.5. The molecule has 0 radical (unpaired) electrons. The first-order valence-electron chi connectivity index (χ1n) is 8.07. The van der Waals surface area contributed by atoms with Gasteiger partial charge < -0.3 is 4.57 Å². The van der Waals surface area contributed by atoms with Crippen molar-refractivity contribution >= 4 is 17.4 Å². The number of carbonyl (C=O) groups excluding carboxylic acids is 1. The van der Waals surface area contributed by atoms with Gasteiger partial charge in [-0.3, -0.25) is 9.59 Å². The highest BCUT2D eigenvalue weighted by molar-refractivity contribution is 6.30. The fraction of sp³-hybridized carbons (Fsp3) is 0.368. The molecule has 1 aromatic carbocycles. The van der Waals surface area contributed by atoms with Gasteiger partial charge in [0.15, 0.2) is 5.78 Å². The summed E-state index contributed by atoms with van der Waals surface area (Å²) in [7, 11) is 0. The molecule has 1 aliphatic carbocycles. The van der Waals surface area contributed by atoms with Crippen molar-refractivity contribution in [3.63, 3.8) is 0 Å². The molecule has 0 fully saturated rings. The van der Waals surface area contributed by atoms with Gasteiger partial charge in [-0.15, -0.1) is 0 Å². The summed E-state index contributed by atoms with van der Waals surface area (Å²) < 4.78 is 1.67. The monoisotopic (exact) mass is 329 g/mol. The number of Topliss-reactive ketones (excluding diaryl/α,β-unsaturated/α-hetero) is 1. The number of hydrogen-bond acceptors (Lipinski definition) is 2. The second-order valence-corrected chi connectivity index (χ2v) is 6.60. The number of halogens is 1. The minimum atomic E-state index is -0.0783. The van der Waals surface area contributed by atoms with Gasteiger partial charge in [-0.1, -0.05) is 18.0 Å². The zero-order chi connectivity index (χ0) is 16.4. The zero-order valence-electron chi connectivity index (χ0n) is 13.3. The lowest BCUT2D eigenvalue weighted by Gasteiger charge is -2.17. The van der Waals surface area contributed by atoms with Crippen molar-refractivity contribution in [1.82, 2.24) is 4.57 Å². The van der Waals surface area contributed by atoms with Gasteiger partial charge in [0.25, 0.3) is 5.56 Å². The van der Waals surface area contributed by atoms with E-state index in [1.165, 1.54) is 12.0 Å². The highest BCUT2D eigenvalue weighted by atomic mass is 35.5. The van der Waals surface area contributed by atoms with Gasteiger partial charge in [0.05, 0.1) is 6.54 Å². The highest BCUT2D eigenvalue weighted by Crippen LogP contribution is 2.22. The summed E-state index contributed by atoms with van der Waals surface area (Å²) in [5, 5.41) is 0.600. The van der Waals surface area contributed by atoms with Crippen LogP contribution in [0.1, 0.15) is 46.4 Å². The van der Waals surface area contributed by atoms with Crippen molar-refractivity contribution in [3.05, 3.63) is 68.1 Å². The molecule has 0 bridgehead atoms. The Morgan fingerprint density at radius 1 is 1.13 bits per heavy atom. The van der Waals surface area contributed by atoms with E-state index in [9.17, 15) is 9.59 Å². The predicted molar refractivity (Wildman–Crippen MR) is 92.5 cm³/mol. The summed E-state index contributed by atoms with van der Waals surface area (Å²) >= 11 is 5.87. The number of nitrogens with zero attached hydrogens (tertiary/aromatic N) is 1. The van der Waals surface area contributed by atoms with Gasteiger partial charge in [-0.25, -0.2) is 0 Å². The third-order valence-electron chi connectivity index (χ3n) is 4.56. The van der Waals surface area contributed by atoms with Gasteiger partial charge in [0, 0.05) is 22.3 Å². The van der Waals surface area contributed by atoms with Crippen LogP contribution in [0.4, 0.5) is 0 Å². The van der Waals surface area contributed by atoms with Gasteiger partial charge in [-0.05, 0) is 68.0 Å². The number of carbonyl (C=O) groups is 1. The Hall–Kier alpha value is -1.87. The smallest absolute Gasteiger partial charge is 0.251 e. The van der Waals surface area contributed by atoms with Crippen LogP contribution in [-0.2, 0) is 19.4 Å². The molecule has 0 spiro atoms. The van der Waals surface area contributed by atoms with Crippen LogP contribution in [0.15, 0.2) is 35.1 Å². The molecule has 1 heterocycles. The van der Waals surface area contributed by atoms with Crippen LogP contribution in [0.2, 0.25) is 5.02 Å². The second-order valence-electron chi connectivity index (χ2n) is 6.17. The van der Waals surface area contributed by atoms with Gasteiger partial charge in [0.1, 0.15) is 0 Å². The number of ketones is 1. The number of hydrogen-bond donors (Lipinski definition) is 0. The van der Waals surface area contributed by atoms with Crippen molar-refractivity contribution in [2.75, 3.05) is 0 Å². The molecule has 0 aliphatic heterocycles. The Kier molecular flexibility index (Phi) is 4.67. The van der Waals surface area contributed by atoms with E-state index in [4.69, 9.17) is 11.6 Å². The number of fused-ring (bicyclic) bond motifs is 1. The van der Waals surface area contributed by atoms with Gasteiger partial charge in [0.2, 0.25) is 0 Å². The second kappa shape index (κ2) is 6.71. The topological polar surface area (TPSA) is 39.1 Å². The number of benzene rings is 1. The Morgan fingerprint density at radius 2 is 1.83 bits per heavy atom. The first-order chi connectivity index (χ1) is 11.1. The van der Waals surface area contributed by atoms with E-state index in [-0.39, 0.29) is 17.9 Å². The fourth-order valence-corrected chi connectivity index (χ4v) is 3.44. The molecule has 1 aliphatic rings. The molecule has 4 heteroatoms. The van der Waals surface area contributed by atoms with Crippen molar-refractivity contribution in [2.45, 2.75) is 45.6 Å². The predicted octanol–water partition coefficient (Wildman–Crippen LogP) is 3.96. The average molecular weight is 330 g/mol. The normalized spacial score (nSPS) is 14.2. The quantitative estimate of drug-likeness (QED) is 0.631. The Morgan fingerprint density at radius 3 is 2.57 bits per heavy atom. The number of rotatable bonds is 3. The molecule has 120 valence electrons. The Labute approximate surface area is 140 Å². The van der Waals surface area contributed by atoms with Crippen LogP contribution in [0.25, 0.3) is 0 Å². The fourth-order valence-electron chi connectivity index (χ4n) is 3.32. The van der Waals surface area contributed by atoms with Crippen molar-refractivity contribution in [3.8, 4) is 0 Å². The molecule has 0 N–H and O–H groups in total. The largest absolute Gasteiger partial charge is 0.305 e. The third-order valence-corrected chi connectivity index (χ3v) is 4.82. The maximum atomic E-state index is 12.5. The molecule has 0 atom stereocenters. The average Bonchev–Trinajstić information content (AvgIpc) is 2.78. The molecule has 0 saturated carbocycles. The Bertz CT molecular complexity index is 790. The van der Waals surface area contributed by atoms with Crippen LogP contribution in [0, 0.1) is 6.92 Å². The summed E-state index contributed by atoms with van der Waals surface area (Å²) in [5.41, 5.74) is 3.87. The highest BCUT2D eigenvalue weighted by Gasteiger charge is 2.18. The van der Waals surface area contributed by atoms with Crippen molar-refractivity contribution in [1.29, 1.82) is 0 Å². The number of aromatic nitrogens is 1. The summed E-state index contributed by atoms with van der Waals surface area (Å²) in [6.07, 6.45) is 5.27. The Balaban J connectivity index is 1.98. The minimum Gasteiger partial charge on any atom is -0.305 e. The molecule has 23 heavy (non-hydrogen) atoms. The molecule has 0 unspecified atom stereocenters. The molecular weight excluding hydrogens is 310 g/mol. The van der Waals surface area contributed by atoms with Gasteiger partial charge >= 0.3 is 0 Å². The zero-order valence-corrected chi connectivity index (χ0v) is 14.0. The molecular formula is C19H20ClNO2. The molecule has 0 amide bonds. The lowest BCUT2D eigenvalue weighted by Crippen LogP contribution is -2.28. The van der Waals surface area contributed by atoms with Crippen LogP contribution in [0.3, 0.4) is 0 Å². The van der Waals surface area contributed by atoms with Crippen molar-refractivity contribution < 1.29 is 4.79 Å². The van der Waals surface area contributed by atoms with E-state index in [2.05, 4.69) is 0 Å². The van der Waals surface area contributed by atoms with Crippen molar-refractivity contribution in [2.24, 2.45) is 0 Å². The van der Waals surface area contributed by atoms with E-state index in [0.29, 0.717) is 10.6 Å². The molecule has 1 aromatic heterocycles. The summed E-state index contributed by atoms with van der Waals surface area (Å²) in [4.78, 5) is 25.0. The third kappa shape index (κ3) is 3.40. The summed E-state index contributed by atoms with van der Waals surface area (Å²) in [6.45, 7) is 2.10. The van der Waals surface area contributed by atoms with E-state index >= 15 is 0 Å². The van der Waals surface area contributed by atoms with E-state index in [0.717, 1.165) is 36.9 Å². The first-order valence-corrected chi connectivity index (χ1v) is 8.45.